The van der Waals surface area contributed by atoms with Crippen molar-refractivity contribution >= 4 is 5.69 Å². The maximum absolute atomic E-state index is 12.9. The van der Waals surface area contributed by atoms with Crippen molar-refractivity contribution < 1.29 is 8.78 Å². The lowest BCUT2D eigenvalue weighted by atomic mass is 10.2. The Kier molecular flexibility index (Phi) is 2.86. The van der Waals surface area contributed by atoms with E-state index in [1.54, 1.807) is 0 Å². The zero-order valence-corrected chi connectivity index (χ0v) is 8.73. The summed E-state index contributed by atoms with van der Waals surface area (Å²) in [6, 6.07) is 4.26. The molecule has 1 heterocycles. The molecular weight excluding hydrogens is 228 g/mol. The molecule has 6 heteroatoms. The lowest BCUT2D eigenvalue weighted by molar-refractivity contribution is 0.571. The Balaban J connectivity index is 2.34. The lowest BCUT2D eigenvalue weighted by Crippen LogP contribution is -2.23. The second-order valence-corrected chi connectivity index (χ2v) is 3.56. The van der Waals surface area contributed by atoms with Gasteiger partial charge in [-0.05, 0) is 17.7 Å². The molecule has 2 rings (SSSR count). The van der Waals surface area contributed by atoms with Crippen LogP contribution in [0.1, 0.15) is 5.56 Å². The number of anilines is 1. The van der Waals surface area contributed by atoms with E-state index in [4.69, 9.17) is 5.73 Å². The highest BCUT2D eigenvalue weighted by Crippen LogP contribution is 2.08. The Labute approximate surface area is 95.3 Å². The van der Waals surface area contributed by atoms with Crippen LogP contribution in [0.3, 0.4) is 0 Å². The zero-order valence-electron chi connectivity index (χ0n) is 8.73. The minimum atomic E-state index is -0.691. The van der Waals surface area contributed by atoms with Crippen LogP contribution in [-0.4, -0.2) is 9.78 Å². The van der Waals surface area contributed by atoms with Gasteiger partial charge in [0.05, 0.1) is 18.4 Å². The summed E-state index contributed by atoms with van der Waals surface area (Å²) in [5.41, 5.74) is 5.52. The smallest absolute Gasteiger partial charge is 0.269 e. The third kappa shape index (κ3) is 2.66. The van der Waals surface area contributed by atoms with E-state index in [2.05, 4.69) is 5.10 Å². The molecule has 0 unspecified atom stereocenters. The number of aromatic nitrogens is 2. The third-order valence-electron chi connectivity index (χ3n) is 2.15. The van der Waals surface area contributed by atoms with Gasteiger partial charge in [-0.3, -0.25) is 4.79 Å². The number of hydrogen-bond acceptors (Lipinski definition) is 3. The molecule has 4 nitrogen and oxygen atoms in total. The molecule has 1 aromatic carbocycles. The van der Waals surface area contributed by atoms with E-state index >= 15 is 0 Å². The topological polar surface area (TPSA) is 60.9 Å². The Morgan fingerprint density at radius 2 is 1.82 bits per heavy atom. The van der Waals surface area contributed by atoms with Crippen LogP contribution in [-0.2, 0) is 6.54 Å². The van der Waals surface area contributed by atoms with Gasteiger partial charge in [0.25, 0.3) is 5.56 Å². The monoisotopic (exact) mass is 237 g/mol. The van der Waals surface area contributed by atoms with Gasteiger partial charge < -0.3 is 5.73 Å². The normalized spacial score (nSPS) is 10.5. The van der Waals surface area contributed by atoms with Crippen molar-refractivity contribution in [3.8, 4) is 0 Å². The predicted octanol–water partition coefficient (Wildman–Crippen LogP) is 1.15. The fourth-order valence-electron chi connectivity index (χ4n) is 1.44. The quantitative estimate of drug-likeness (QED) is 0.852. The largest absolute Gasteiger partial charge is 0.397 e. The average molecular weight is 237 g/mol. The molecule has 0 aliphatic heterocycles. The van der Waals surface area contributed by atoms with Crippen LogP contribution in [0.15, 0.2) is 35.3 Å². The first-order chi connectivity index (χ1) is 8.04. The highest BCUT2D eigenvalue weighted by Gasteiger charge is 2.03. The summed E-state index contributed by atoms with van der Waals surface area (Å²) >= 11 is 0. The van der Waals surface area contributed by atoms with Crippen molar-refractivity contribution in [3.05, 3.63) is 58.0 Å². The first kappa shape index (κ1) is 11.3. The van der Waals surface area contributed by atoms with E-state index in [-0.39, 0.29) is 12.2 Å². The van der Waals surface area contributed by atoms with E-state index in [1.807, 2.05) is 0 Å². The maximum Gasteiger partial charge on any atom is 0.269 e. The summed E-state index contributed by atoms with van der Waals surface area (Å²) < 4.78 is 26.9. The molecule has 0 saturated heterocycles. The number of nitrogen functional groups attached to an aromatic ring is 1. The van der Waals surface area contributed by atoms with Gasteiger partial charge in [-0.1, -0.05) is 0 Å². The van der Waals surface area contributed by atoms with Gasteiger partial charge in [0, 0.05) is 12.1 Å². The Bertz CT molecular complexity index is 590. The molecule has 0 saturated carbocycles. The molecule has 0 spiro atoms. The number of hydrogen-bond donors (Lipinski definition) is 1. The molecule has 2 aromatic rings. The van der Waals surface area contributed by atoms with Gasteiger partial charge in [0.1, 0.15) is 11.6 Å². The van der Waals surface area contributed by atoms with Gasteiger partial charge in [0.2, 0.25) is 0 Å². The van der Waals surface area contributed by atoms with E-state index in [1.165, 1.54) is 12.3 Å². The highest BCUT2D eigenvalue weighted by molar-refractivity contribution is 5.31. The highest BCUT2D eigenvalue weighted by atomic mass is 19.1. The van der Waals surface area contributed by atoms with Crippen LogP contribution < -0.4 is 11.3 Å². The molecule has 0 fully saturated rings. The van der Waals surface area contributed by atoms with E-state index < -0.39 is 17.2 Å². The molecule has 17 heavy (non-hydrogen) atoms. The van der Waals surface area contributed by atoms with Crippen molar-refractivity contribution in [3.63, 3.8) is 0 Å². The van der Waals surface area contributed by atoms with Crippen LogP contribution in [0.5, 0.6) is 0 Å². The maximum atomic E-state index is 12.9. The Morgan fingerprint density at radius 3 is 2.41 bits per heavy atom. The minimum absolute atomic E-state index is 0.00616. The first-order valence-corrected chi connectivity index (χ1v) is 4.82. The lowest BCUT2D eigenvalue weighted by Gasteiger charge is -2.05. The second-order valence-electron chi connectivity index (χ2n) is 3.56. The number of rotatable bonds is 2. The van der Waals surface area contributed by atoms with Gasteiger partial charge in [-0.15, -0.1) is 0 Å². The van der Waals surface area contributed by atoms with Crippen molar-refractivity contribution in [1.82, 2.24) is 9.78 Å². The van der Waals surface area contributed by atoms with E-state index in [0.29, 0.717) is 5.56 Å². The van der Waals surface area contributed by atoms with Crippen LogP contribution >= 0.6 is 0 Å². The first-order valence-electron chi connectivity index (χ1n) is 4.82. The SMILES string of the molecule is Nc1cnn(Cc2cc(F)cc(F)c2)c(=O)c1. The molecule has 0 aliphatic rings. The molecule has 2 N–H and O–H groups in total. The van der Waals surface area contributed by atoms with Gasteiger partial charge in [-0.2, -0.15) is 5.10 Å². The summed E-state index contributed by atoms with van der Waals surface area (Å²) in [7, 11) is 0. The van der Waals surface area contributed by atoms with Crippen molar-refractivity contribution in [2.24, 2.45) is 0 Å². The van der Waals surface area contributed by atoms with Gasteiger partial charge >= 0.3 is 0 Å². The summed E-state index contributed by atoms with van der Waals surface area (Å²) in [5.74, 6) is -1.38. The molecular formula is C11H9F2N3O. The number of benzene rings is 1. The fraction of sp³-hybridized carbons (Fsp3) is 0.0909. The summed E-state index contributed by atoms with van der Waals surface area (Å²) in [4.78, 5) is 11.4. The van der Waals surface area contributed by atoms with E-state index in [0.717, 1.165) is 22.9 Å². The molecule has 1 aromatic heterocycles. The molecule has 0 radical (unpaired) electrons. The van der Waals surface area contributed by atoms with Crippen molar-refractivity contribution in [2.45, 2.75) is 6.54 Å². The van der Waals surface area contributed by atoms with Crippen LogP contribution in [0.25, 0.3) is 0 Å². The van der Waals surface area contributed by atoms with Gasteiger partial charge in [-0.25, -0.2) is 13.5 Å². The van der Waals surface area contributed by atoms with Crippen molar-refractivity contribution in [2.75, 3.05) is 5.73 Å². The number of halogens is 2. The summed E-state index contributed by atoms with van der Waals surface area (Å²) in [5, 5.41) is 3.77. The number of nitrogens with zero attached hydrogens (tertiary/aromatic N) is 2. The van der Waals surface area contributed by atoms with Crippen molar-refractivity contribution in [1.29, 1.82) is 0 Å². The molecule has 0 amide bonds. The average Bonchev–Trinajstić information content (AvgIpc) is 2.21. The standard InChI is InChI=1S/C11H9F2N3O/c12-8-1-7(2-9(13)3-8)6-16-11(17)4-10(14)5-15-16/h1-5H,6,14H2. The molecule has 0 bridgehead atoms. The van der Waals surface area contributed by atoms with Crippen LogP contribution in [0.4, 0.5) is 14.5 Å². The molecule has 88 valence electrons. The Hall–Kier alpha value is -2.24. The van der Waals surface area contributed by atoms with Crippen LogP contribution in [0.2, 0.25) is 0 Å². The summed E-state index contributed by atoms with van der Waals surface area (Å²) in [6.07, 6.45) is 1.30. The fourth-order valence-corrected chi connectivity index (χ4v) is 1.44. The van der Waals surface area contributed by atoms with E-state index in [9.17, 15) is 13.6 Å². The molecule has 0 atom stereocenters. The number of nitrogens with two attached hydrogens (primary N) is 1. The molecule has 0 aliphatic carbocycles. The minimum Gasteiger partial charge on any atom is -0.397 e. The Morgan fingerprint density at radius 1 is 1.18 bits per heavy atom. The third-order valence-corrected chi connectivity index (χ3v) is 2.15. The van der Waals surface area contributed by atoms with Gasteiger partial charge in [0.15, 0.2) is 0 Å². The summed E-state index contributed by atoms with van der Waals surface area (Å²) in [6.45, 7) is -0.00616. The predicted molar refractivity (Wildman–Crippen MR) is 58.4 cm³/mol. The second kappa shape index (κ2) is 4.32. The zero-order chi connectivity index (χ0) is 12.4. The van der Waals surface area contributed by atoms with Crippen LogP contribution in [0, 0.1) is 11.6 Å².